The summed E-state index contributed by atoms with van der Waals surface area (Å²) in [4.78, 5) is 0. The second-order valence-electron chi connectivity index (χ2n) is 2.46. The van der Waals surface area contributed by atoms with Crippen molar-refractivity contribution in [3.8, 4) is 0 Å². The van der Waals surface area contributed by atoms with E-state index in [0.717, 1.165) is 24.3 Å². The zero-order valence-electron chi connectivity index (χ0n) is 6.47. The van der Waals surface area contributed by atoms with Gasteiger partial charge in [-0.25, -0.2) is 0 Å². The van der Waals surface area contributed by atoms with E-state index >= 15 is 0 Å². The number of aliphatic hydroxyl groups excluding tert-OH is 1. The molecule has 1 aromatic carbocycles. The summed E-state index contributed by atoms with van der Waals surface area (Å²) in [6, 6.07) is 3.94. The van der Waals surface area contributed by atoms with Gasteiger partial charge in [0.1, 0.15) is 0 Å². The van der Waals surface area contributed by atoms with Gasteiger partial charge in [-0.2, -0.15) is 25.3 Å². The van der Waals surface area contributed by atoms with Crippen molar-refractivity contribution >= 4 is 0 Å². The maximum Gasteiger partial charge on any atom is 0.414 e. The van der Waals surface area contributed by atoms with Crippen LogP contribution in [0.4, 0.5) is 13.2 Å². The molecule has 0 aliphatic rings. The minimum absolute atomic E-state index is 0.174. The Labute approximate surface area is 72.8 Å². The molecule has 13 heavy (non-hydrogen) atoms. The third-order valence-corrected chi connectivity index (χ3v) is 1.51. The summed E-state index contributed by atoms with van der Waals surface area (Å²) >= 11 is 0. The largest absolute Gasteiger partial charge is 0.414 e. The van der Waals surface area contributed by atoms with Crippen molar-refractivity contribution in [1.29, 1.82) is 0 Å². The Morgan fingerprint density at radius 1 is 1.15 bits per heavy atom. The highest BCUT2D eigenvalue weighted by Crippen LogP contribution is 2.29. The van der Waals surface area contributed by atoms with E-state index in [-0.39, 0.29) is 5.56 Å². The minimum Gasteiger partial charge on any atom is -0.411 e. The Bertz CT molecular complexity index is 278. The molecule has 0 amide bonds. The fourth-order valence-electron chi connectivity index (χ4n) is 0.830. The smallest absolute Gasteiger partial charge is 0.411 e. The van der Waals surface area contributed by atoms with Gasteiger partial charge in [0.05, 0.1) is 0 Å². The van der Waals surface area contributed by atoms with E-state index in [9.17, 15) is 13.2 Å². The molecule has 0 atom stereocenters. The zero-order valence-corrected chi connectivity index (χ0v) is 6.47. The van der Waals surface area contributed by atoms with Crippen LogP contribution in [0.1, 0.15) is 11.1 Å². The van der Waals surface area contributed by atoms with Crippen LogP contribution in [0.15, 0.2) is 24.3 Å². The van der Waals surface area contributed by atoms with E-state index in [2.05, 4.69) is 0 Å². The molecule has 0 heterocycles. The molecule has 0 unspecified atom stereocenters. The van der Waals surface area contributed by atoms with Crippen molar-refractivity contribution in [1.82, 2.24) is 0 Å². The lowest BCUT2D eigenvalue weighted by Crippen LogP contribution is -2.11. The Morgan fingerprint density at radius 3 is 1.92 bits per heavy atom. The lowest BCUT2D eigenvalue weighted by molar-refractivity contribution is -0.137. The van der Waals surface area contributed by atoms with Crippen LogP contribution in [0.2, 0.25) is 0 Å². The molecule has 1 rings (SSSR count). The number of alkyl halides is 3. The molecule has 5 heteroatoms. The molecule has 0 saturated carbocycles. The van der Waals surface area contributed by atoms with Crippen molar-refractivity contribution < 1.29 is 18.3 Å². The van der Waals surface area contributed by atoms with Crippen molar-refractivity contribution in [2.75, 3.05) is 0 Å². The molecular formula is C8H7F3NO-. The number of aliphatic hydroxyl groups is 1. The molecule has 3 N–H and O–H groups in total. The van der Waals surface area contributed by atoms with Gasteiger partial charge in [0.25, 0.3) is 0 Å². The normalized spacial score (nSPS) is 11.5. The first-order valence-electron chi connectivity index (χ1n) is 3.40. The number of rotatable bonds is 1. The zero-order chi connectivity index (χ0) is 10.1. The molecule has 0 fully saturated rings. The van der Waals surface area contributed by atoms with Gasteiger partial charge in [-0.3, -0.25) is 0 Å². The number of halogens is 3. The van der Waals surface area contributed by atoms with Gasteiger partial charge >= 0.3 is 6.18 Å². The maximum absolute atomic E-state index is 12.0. The fraction of sp³-hybridized carbons (Fsp3) is 0.125. The molecule has 0 radical (unpaired) electrons. The first-order chi connectivity index (χ1) is 5.91. The number of nitrogens with two attached hydrogens (primary N) is 1. The molecule has 72 valence electrons. The number of hydrogen-bond acceptors (Lipinski definition) is 2. The maximum atomic E-state index is 12.0. The topological polar surface area (TPSA) is 46.2 Å². The summed E-state index contributed by atoms with van der Waals surface area (Å²) in [5.41, 5.74) is 4.37. The van der Waals surface area contributed by atoms with Crippen LogP contribution in [0.5, 0.6) is 0 Å². The summed E-state index contributed by atoms with van der Waals surface area (Å²) in [7, 11) is 0. The first-order valence-corrected chi connectivity index (χ1v) is 3.40. The monoisotopic (exact) mass is 190 g/mol. The SMILES string of the molecule is N[C-](O)c1ccc(C(F)(F)F)cc1. The first kappa shape index (κ1) is 9.88. The summed E-state index contributed by atoms with van der Waals surface area (Å²) < 4.78 is 36.1. The third-order valence-electron chi connectivity index (χ3n) is 1.51. The van der Waals surface area contributed by atoms with E-state index in [1.54, 1.807) is 0 Å². The van der Waals surface area contributed by atoms with Crippen molar-refractivity contribution in [3.63, 3.8) is 0 Å². The van der Waals surface area contributed by atoms with E-state index in [1.807, 2.05) is 0 Å². The average Bonchev–Trinajstić information content (AvgIpc) is 2.03. The molecule has 0 bridgehead atoms. The van der Waals surface area contributed by atoms with Gasteiger partial charge in [-0.15, -0.1) is 17.7 Å². The minimum atomic E-state index is -4.36. The highest BCUT2D eigenvalue weighted by molar-refractivity contribution is 5.30. The van der Waals surface area contributed by atoms with Gasteiger partial charge in [-0.1, -0.05) is 0 Å². The predicted molar refractivity (Wildman–Crippen MR) is 39.9 cm³/mol. The molecule has 2 nitrogen and oxygen atoms in total. The van der Waals surface area contributed by atoms with Gasteiger partial charge in [0.2, 0.25) is 0 Å². The summed E-state index contributed by atoms with van der Waals surface area (Å²) in [5.74, 6) is 0. The Morgan fingerprint density at radius 2 is 1.62 bits per heavy atom. The average molecular weight is 190 g/mol. The van der Waals surface area contributed by atoms with Gasteiger partial charge in [0.15, 0.2) is 0 Å². The van der Waals surface area contributed by atoms with Crippen LogP contribution in [0.3, 0.4) is 0 Å². The second-order valence-corrected chi connectivity index (χ2v) is 2.46. The lowest BCUT2D eigenvalue weighted by atomic mass is 10.1. The highest BCUT2D eigenvalue weighted by atomic mass is 19.4. The van der Waals surface area contributed by atoms with Crippen LogP contribution in [-0.2, 0) is 6.18 Å². The summed E-state index contributed by atoms with van der Waals surface area (Å²) in [6.45, 7) is 0. The van der Waals surface area contributed by atoms with Crippen LogP contribution >= 0.6 is 0 Å². The van der Waals surface area contributed by atoms with E-state index in [0.29, 0.717) is 0 Å². The van der Waals surface area contributed by atoms with E-state index in [4.69, 9.17) is 10.8 Å². The van der Waals surface area contributed by atoms with Crippen LogP contribution in [0, 0.1) is 6.23 Å². The number of benzene rings is 1. The predicted octanol–water partition coefficient (Wildman–Crippen LogP) is 1.87. The van der Waals surface area contributed by atoms with Crippen LogP contribution in [-0.4, -0.2) is 5.11 Å². The second kappa shape index (κ2) is 3.27. The fourth-order valence-corrected chi connectivity index (χ4v) is 0.830. The molecular weight excluding hydrogens is 183 g/mol. The highest BCUT2D eigenvalue weighted by Gasteiger charge is 2.28. The molecule has 0 aromatic heterocycles. The van der Waals surface area contributed by atoms with E-state index < -0.39 is 18.0 Å². The third kappa shape index (κ3) is 2.37. The Kier molecular flexibility index (Phi) is 2.49. The standard InChI is InChI=1S/C8H7F3NO/c9-8(10,11)6-3-1-5(2-4-6)7(12)13/h1-4,13H,12H2/q-1. The van der Waals surface area contributed by atoms with Crippen LogP contribution < -0.4 is 5.73 Å². The molecule has 0 saturated heterocycles. The van der Waals surface area contributed by atoms with Gasteiger partial charge in [-0.05, 0) is 0 Å². The van der Waals surface area contributed by atoms with Gasteiger partial charge < -0.3 is 10.8 Å². The molecule has 1 aromatic rings. The Balaban J connectivity index is 2.94. The molecule has 0 aliphatic carbocycles. The Hall–Kier alpha value is -1.20. The summed E-state index contributed by atoms with van der Waals surface area (Å²) in [6.07, 6.45) is -4.85. The lowest BCUT2D eigenvalue weighted by Gasteiger charge is -2.15. The number of hydrogen-bond donors (Lipinski definition) is 2. The quantitative estimate of drug-likeness (QED) is 0.664. The van der Waals surface area contributed by atoms with Crippen LogP contribution in [0.25, 0.3) is 0 Å². The van der Waals surface area contributed by atoms with E-state index in [1.165, 1.54) is 0 Å². The van der Waals surface area contributed by atoms with Crippen molar-refractivity contribution in [3.05, 3.63) is 41.6 Å². The van der Waals surface area contributed by atoms with Crippen molar-refractivity contribution in [2.45, 2.75) is 6.18 Å². The van der Waals surface area contributed by atoms with Gasteiger partial charge in [0, 0.05) is 11.8 Å². The molecule has 0 spiro atoms. The summed E-state index contributed by atoms with van der Waals surface area (Å²) in [5, 5.41) is 8.73. The molecule has 0 aliphatic heterocycles. The van der Waals surface area contributed by atoms with Crippen molar-refractivity contribution in [2.24, 2.45) is 5.73 Å².